The molecule has 0 radical (unpaired) electrons. The first kappa shape index (κ1) is 19.2. The molecule has 150 valence electrons. The van der Waals surface area contributed by atoms with Crippen molar-refractivity contribution in [1.82, 2.24) is 4.98 Å². The van der Waals surface area contributed by atoms with E-state index < -0.39 is 4.92 Å². The lowest BCUT2D eigenvalue weighted by Crippen LogP contribution is -1.98. The molecule has 0 bridgehead atoms. The molecule has 0 aliphatic carbocycles. The summed E-state index contributed by atoms with van der Waals surface area (Å²) in [5.74, 6) is 2.55. The van der Waals surface area contributed by atoms with E-state index in [1.807, 2.05) is 37.3 Å². The van der Waals surface area contributed by atoms with Crippen LogP contribution in [-0.2, 0) is 0 Å². The molecule has 0 aliphatic heterocycles. The van der Waals surface area contributed by atoms with Crippen LogP contribution in [0.25, 0.3) is 10.9 Å². The fraction of sp³-hybridized carbons (Fsp3) is 0.0870. The summed E-state index contributed by atoms with van der Waals surface area (Å²) in [6.07, 6.45) is 1.58. The van der Waals surface area contributed by atoms with Crippen molar-refractivity contribution in [3.05, 3.63) is 88.6 Å². The maximum atomic E-state index is 11.5. The molecule has 3 aromatic carbocycles. The number of rotatable bonds is 6. The van der Waals surface area contributed by atoms with Crippen LogP contribution in [0.4, 0.5) is 5.69 Å². The van der Waals surface area contributed by atoms with E-state index in [-0.39, 0.29) is 17.0 Å². The van der Waals surface area contributed by atoms with Crippen molar-refractivity contribution in [2.45, 2.75) is 6.92 Å². The number of hydrogen-bond acceptors (Lipinski definition) is 6. The van der Waals surface area contributed by atoms with Crippen LogP contribution in [0.15, 0.2) is 72.9 Å². The van der Waals surface area contributed by atoms with Gasteiger partial charge in [-0.25, -0.2) is 4.98 Å². The summed E-state index contributed by atoms with van der Waals surface area (Å²) in [5.41, 5.74) is 0.952. The van der Waals surface area contributed by atoms with Crippen molar-refractivity contribution in [3.8, 4) is 28.7 Å². The van der Waals surface area contributed by atoms with Crippen LogP contribution in [0.1, 0.15) is 5.56 Å². The molecule has 0 N–H and O–H groups in total. The predicted octanol–water partition coefficient (Wildman–Crippen LogP) is 6.04. The summed E-state index contributed by atoms with van der Waals surface area (Å²) in [6, 6.07) is 19.7. The Morgan fingerprint density at radius 1 is 0.900 bits per heavy atom. The van der Waals surface area contributed by atoms with E-state index >= 15 is 0 Å². The maximum absolute atomic E-state index is 11.5. The van der Waals surface area contributed by atoms with Gasteiger partial charge in [-0.2, -0.15) is 0 Å². The zero-order valence-corrected chi connectivity index (χ0v) is 16.4. The van der Waals surface area contributed by atoms with E-state index in [0.29, 0.717) is 22.6 Å². The number of methoxy groups -OCH3 is 1. The second-order valence-corrected chi connectivity index (χ2v) is 6.58. The Balaban J connectivity index is 1.70. The zero-order chi connectivity index (χ0) is 21.1. The quantitative estimate of drug-likeness (QED) is 0.289. The van der Waals surface area contributed by atoms with Crippen molar-refractivity contribution >= 4 is 16.6 Å². The third-order valence-corrected chi connectivity index (χ3v) is 4.44. The Labute approximate surface area is 172 Å². The van der Waals surface area contributed by atoms with Crippen molar-refractivity contribution in [3.63, 3.8) is 0 Å². The molecule has 4 rings (SSSR count). The van der Waals surface area contributed by atoms with Gasteiger partial charge in [0.05, 0.1) is 23.5 Å². The van der Waals surface area contributed by atoms with E-state index in [1.165, 1.54) is 13.2 Å². The van der Waals surface area contributed by atoms with Crippen LogP contribution >= 0.6 is 0 Å². The summed E-state index contributed by atoms with van der Waals surface area (Å²) >= 11 is 0. The highest BCUT2D eigenvalue weighted by atomic mass is 16.6. The molecule has 7 nitrogen and oxygen atoms in total. The molecular weight excluding hydrogens is 384 g/mol. The van der Waals surface area contributed by atoms with Gasteiger partial charge in [0.15, 0.2) is 17.0 Å². The molecule has 0 unspecified atom stereocenters. The number of ether oxygens (including phenoxy) is 3. The second kappa shape index (κ2) is 8.08. The van der Waals surface area contributed by atoms with Gasteiger partial charge in [-0.15, -0.1) is 0 Å². The van der Waals surface area contributed by atoms with Crippen molar-refractivity contribution in [1.29, 1.82) is 0 Å². The molecule has 30 heavy (non-hydrogen) atoms. The van der Waals surface area contributed by atoms with Gasteiger partial charge in [-0.3, -0.25) is 10.1 Å². The Hall–Kier alpha value is -4.13. The van der Waals surface area contributed by atoms with Crippen LogP contribution in [-0.4, -0.2) is 17.0 Å². The molecule has 0 atom stereocenters. The van der Waals surface area contributed by atoms with E-state index in [2.05, 4.69) is 4.98 Å². The number of aryl methyl sites for hydroxylation is 1. The minimum absolute atomic E-state index is 0.138. The van der Waals surface area contributed by atoms with Gasteiger partial charge < -0.3 is 14.2 Å². The fourth-order valence-electron chi connectivity index (χ4n) is 3.05. The average Bonchev–Trinajstić information content (AvgIpc) is 2.75. The van der Waals surface area contributed by atoms with Crippen molar-refractivity contribution in [2.75, 3.05) is 7.11 Å². The molecule has 0 fully saturated rings. The second-order valence-electron chi connectivity index (χ2n) is 6.58. The van der Waals surface area contributed by atoms with Crippen LogP contribution in [0.3, 0.4) is 0 Å². The van der Waals surface area contributed by atoms with Crippen LogP contribution in [0, 0.1) is 17.0 Å². The SMILES string of the molecule is COc1cc([N+](=O)[O-])c2ncc(C)cc2c1Oc1ccc(Oc2ccccc2)cc1. The molecule has 7 heteroatoms. The molecule has 0 saturated carbocycles. The lowest BCUT2D eigenvalue weighted by atomic mass is 10.1. The number of aromatic nitrogens is 1. The maximum Gasteiger partial charge on any atom is 0.299 e. The number of non-ortho nitro benzene ring substituents is 1. The smallest absolute Gasteiger partial charge is 0.299 e. The lowest BCUT2D eigenvalue weighted by Gasteiger charge is -2.14. The van der Waals surface area contributed by atoms with E-state index in [4.69, 9.17) is 14.2 Å². The van der Waals surface area contributed by atoms with Gasteiger partial charge in [0.2, 0.25) is 0 Å². The first-order valence-corrected chi connectivity index (χ1v) is 9.17. The molecule has 0 amide bonds. The topological polar surface area (TPSA) is 83.7 Å². The highest BCUT2D eigenvalue weighted by molar-refractivity contribution is 5.95. The zero-order valence-electron chi connectivity index (χ0n) is 16.4. The van der Waals surface area contributed by atoms with E-state index in [9.17, 15) is 10.1 Å². The number of pyridine rings is 1. The minimum Gasteiger partial charge on any atom is -0.493 e. The van der Waals surface area contributed by atoms with Gasteiger partial charge in [-0.1, -0.05) is 18.2 Å². The molecule has 1 heterocycles. The first-order valence-electron chi connectivity index (χ1n) is 9.17. The third kappa shape index (κ3) is 3.86. The van der Waals surface area contributed by atoms with Crippen LogP contribution in [0.2, 0.25) is 0 Å². The van der Waals surface area contributed by atoms with Gasteiger partial charge in [0, 0.05) is 6.20 Å². The number of nitrogens with zero attached hydrogens (tertiary/aromatic N) is 2. The van der Waals surface area contributed by atoms with Gasteiger partial charge in [0.25, 0.3) is 5.69 Å². The Morgan fingerprint density at radius 3 is 2.17 bits per heavy atom. The van der Waals surface area contributed by atoms with Crippen LogP contribution < -0.4 is 14.2 Å². The number of nitro groups is 1. The highest BCUT2D eigenvalue weighted by Gasteiger charge is 2.22. The van der Waals surface area contributed by atoms with Gasteiger partial charge >= 0.3 is 0 Å². The first-order chi connectivity index (χ1) is 14.5. The largest absolute Gasteiger partial charge is 0.493 e. The Bertz CT molecular complexity index is 1210. The number of hydrogen-bond donors (Lipinski definition) is 0. The standard InChI is InChI=1S/C23H18N2O5/c1-15-12-19-22(24-14-15)20(25(26)27)13-21(28-2)23(19)30-18-10-8-17(9-11-18)29-16-6-4-3-5-7-16/h3-14H,1-2H3. The molecule has 1 aromatic heterocycles. The predicted molar refractivity (Wildman–Crippen MR) is 113 cm³/mol. The highest BCUT2D eigenvalue weighted by Crippen LogP contribution is 2.43. The molecule has 0 spiro atoms. The summed E-state index contributed by atoms with van der Waals surface area (Å²) in [6.45, 7) is 1.86. The summed E-state index contributed by atoms with van der Waals surface area (Å²) in [7, 11) is 1.44. The van der Waals surface area contributed by atoms with Crippen LogP contribution in [0.5, 0.6) is 28.7 Å². The third-order valence-electron chi connectivity index (χ3n) is 4.44. The fourth-order valence-corrected chi connectivity index (χ4v) is 3.05. The average molecular weight is 402 g/mol. The van der Waals surface area contributed by atoms with Gasteiger partial charge in [-0.05, 0) is 55.0 Å². The number of benzene rings is 3. The normalized spacial score (nSPS) is 10.6. The molecule has 0 aliphatic rings. The number of fused-ring (bicyclic) bond motifs is 1. The minimum atomic E-state index is -0.479. The molecule has 4 aromatic rings. The van der Waals surface area contributed by atoms with Gasteiger partial charge in [0.1, 0.15) is 17.2 Å². The Morgan fingerprint density at radius 2 is 1.53 bits per heavy atom. The van der Waals surface area contributed by atoms with E-state index in [0.717, 1.165) is 11.3 Å². The number of nitro benzene ring substituents is 1. The lowest BCUT2D eigenvalue weighted by molar-refractivity contribution is -0.383. The monoisotopic (exact) mass is 402 g/mol. The molecular formula is C23H18N2O5. The number of para-hydroxylation sites is 1. The van der Waals surface area contributed by atoms with Crippen molar-refractivity contribution < 1.29 is 19.1 Å². The summed E-state index contributed by atoms with van der Waals surface area (Å²) < 4.78 is 17.2. The Kier molecular flexibility index (Phi) is 5.17. The molecule has 0 saturated heterocycles. The van der Waals surface area contributed by atoms with Crippen molar-refractivity contribution in [2.24, 2.45) is 0 Å². The summed E-state index contributed by atoms with van der Waals surface area (Å²) in [4.78, 5) is 15.2. The summed E-state index contributed by atoms with van der Waals surface area (Å²) in [5, 5.41) is 12.0. The van der Waals surface area contributed by atoms with E-state index in [1.54, 1.807) is 36.5 Å².